The fourth-order valence-electron chi connectivity index (χ4n) is 2.23. The van der Waals surface area contributed by atoms with Crippen molar-refractivity contribution in [3.8, 4) is 5.75 Å². The second-order valence-electron chi connectivity index (χ2n) is 5.68. The topological polar surface area (TPSA) is 66.8 Å². The van der Waals surface area contributed by atoms with Crippen LogP contribution in [0.3, 0.4) is 0 Å². The first-order valence-electron chi connectivity index (χ1n) is 6.29. The molecule has 4 nitrogen and oxygen atoms in total. The summed E-state index contributed by atoms with van der Waals surface area (Å²) >= 11 is 0. The Balaban J connectivity index is 2.80. The van der Waals surface area contributed by atoms with Gasteiger partial charge in [-0.2, -0.15) is 0 Å². The van der Waals surface area contributed by atoms with Gasteiger partial charge in [-0.05, 0) is 42.0 Å². The van der Waals surface area contributed by atoms with Crippen molar-refractivity contribution >= 4 is 5.97 Å². The minimum absolute atomic E-state index is 0.0409. The van der Waals surface area contributed by atoms with Crippen LogP contribution < -0.4 is 4.74 Å². The first-order valence-corrected chi connectivity index (χ1v) is 6.29. The number of benzene rings is 1. The van der Waals surface area contributed by atoms with E-state index >= 15 is 0 Å². The van der Waals surface area contributed by atoms with Crippen molar-refractivity contribution in [3.05, 3.63) is 29.3 Å². The van der Waals surface area contributed by atoms with Gasteiger partial charge in [-0.15, -0.1) is 0 Å². The van der Waals surface area contributed by atoms with Crippen LogP contribution in [-0.2, 0) is 4.79 Å². The Labute approximate surface area is 114 Å². The number of carboxylic acid groups (broad SMARTS) is 1. The van der Waals surface area contributed by atoms with E-state index in [1.807, 2.05) is 39.0 Å². The SMILES string of the molecule is COc1ccc(C(O)CC(C)(C)CC(=O)O)cc1C. The molecule has 0 bridgehead atoms. The average Bonchev–Trinajstić information content (AvgIpc) is 2.26. The van der Waals surface area contributed by atoms with E-state index < -0.39 is 17.5 Å². The molecule has 0 spiro atoms. The van der Waals surface area contributed by atoms with E-state index in [0.29, 0.717) is 6.42 Å². The quantitative estimate of drug-likeness (QED) is 0.830. The molecular formula is C15H22O4. The number of carbonyl (C=O) groups is 1. The van der Waals surface area contributed by atoms with Gasteiger partial charge in [0.1, 0.15) is 5.75 Å². The van der Waals surface area contributed by atoms with Gasteiger partial charge in [0.2, 0.25) is 0 Å². The monoisotopic (exact) mass is 266 g/mol. The van der Waals surface area contributed by atoms with Crippen molar-refractivity contribution in [1.82, 2.24) is 0 Å². The van der Waals surface area contributed by atoms with Crippen LogP contribution in [0.2, 0.25) is 0 Å². The van der Waals surface area contributed by atoms with Gasteiger partial charge >= 0.3 is 5.97 Å². The van der Waals surface area contributed by atoms with Crippen LogP contribution in [-0.4, -0.2) is 23.3 Å². The summed E-state index contributed by atoms with van der Waals surface area (Å²) in [5.74, 6) is -0.0659. The van der Waals surface area contributed by atoms with E-state index in [1.165, 1.54) is 0 Å². The molecule has 0 radical (unpaired) electrons. The Hall–Kier alpha value is -1.55. The Morgan fingerprint density at radius 1 is 1.42 bits per heavy atom. The number of aliphatic hydroxyl groups excluding tert-OH is 1. The lowest BCUT2D eigenvalue weighted by atomic mass is 9.82. The molecular weight excluding hydrogens is 244 g/mol. The number of ether oxygens (including phenoxy) is 1. The standard InChI is InChI=1S/C15H22O4/c1-10-7-11(5-6-13(10)19-4)12(16)8-15(2,3)9-14(17)18/h5-7,12,16H,8-9H2,1-4H3,(H,17,18). The lowest BCUT2D eigenvalue weighted by Gasteiger charge is -2.26. The molecule has 1 rings (SSSR count). The minimum atomic E-state index is -0.844. The molecule has 0 heterocycles. The second-order valence-corrected chi connectivity index (χ2v) is 5.68. The van der Waals surface area contributed by atoms with Crippen molar-refractivity contribution < 1.29 is 19.7 Å². The Bertz CT molecular complexity index is 451. The zero-order chi connectivity index (χ0) is 14.6. The Kier molecular flexibility index (Phi) is 4.95. The lowest BCUT2D eigenvalue weighted by molar-refractivity contribution is -0.139. The molecule has 0 aromatic heterocycles. The van der Waals surface area contributed by atoms with E-state index in [-0.39, 0.29) is 6.42 Å². The molecule has 0 fully saturated rings. The first-order chi connectivity index (χ1) is 8.75. The second kappa shape index (κ2) is 6.06. The fraction of sp³-hybridized carbons (Fsp3) is 0.533. The van der Waals surface area contributed by atoms with Crippen LogP contribution in [0.15, 0.2) is 18.2 Å². The molecule has 1 aromatic carbocycles. The van der Waals surface area contributed by atoms with Crippen molar-refractivity contribution in [2.45, 2.75) is 39.7 Å². The largest absolute Gasteiger partial charge is 0.496 e. The van der Waals surface area contributed by atoms with Gasteiger partial charge in [0.05, 0.1) is 19.6 Å². The van der Waals surface area contributed by atoms with Gasteiger partial charge < -0.3 is 14.9 Å². The normalized spacial score (nSPS) is 13.1. The number of hydrogen-bond donors (Lipinski definition) is 2. The van der Waals surface area contributed by atoms with E-state index in [0.717, 1.165) is 16.9 Å². The third-order valence-electron chi connectivity index (χ3n) is 3.18. The van der Waals surface area contributed by atoms with Crippen LogP contribution in [0, 0.1) is 12.3 Å². The third-order valence-corrected chi connectivity index (χ3v) is 3.18. The molecule has 2 N–H and O–H groups in total. The van der Waals surface area contributed by atoms with Gasteiger partial charge in [0.25, 0.3) is 0 Å². The Morgan fingerprint density at radius 2 is 2.05 bits per heavy atom. The molecule has 0 saturated carbocycles. The highest BCUT2D eigenvalue weighted by atomic mass is 16.5. The lowest BCUT2D eigenvalue weighted by Crippen LogP contribution is -2.20. The number of methoxy groups -OCH3 is 1. The van der Waals surface area contributed by atoms with Gasteiger partial charge in [-0.1, -0.05) is 19.9 Å². The molecule has 0 amide bonds. The van der Waals surface area contributed by atoms with Gasteiger partial charge in [0, 0.05) is 0 Å². The summed E-state index contributed by atoms with van der Waals surface area (Å²) in [6.07, 6.45) is -0.219. The van der Waals surface area contributed by atoms with Crippen LogP contribution >= 0.6 is 0 Å². The van der Waals surface area contributed by atoms with Crippen molar-refractivity contribution in [2.75, 3.05) is 7.11 Å². The minimum Gasteiger partial charge on any atom is -0.496 e. The van der Waals surface area contributed by atoms with Crippen LogP contribution in [0.5, 0.6) is 5.75 Å². The number of rotatable bonds is 6. The molecule has 106 valence electrons. The highest BCUT2D eigenvalue weighted by Gasteiger charge is 2.26. The zero-order valence-electron chi connectivity index (χ0n) is 11.9. The number of aryl methyl sites for hydroxylation is 1. The molecule has 4 heteroatoms. The van der Waals surface area contributed by atoms with E-state index in [1.54, 1.807) is 7.11 Å². The predicted molar refractivity (Wildman–Crippen MR) is 73.3 cm³/mol. The summed E-state index contributed by atoms with van der Waals surface area (Å²) in [6, 6.07) is 5.51. The first kappa shape index (κ1) is 15.5. The summed E-state index contributed by atoms with van der Waals surface area (Å²) in [4.78, 5) is 10.8. The molecule has 0 aliphatic rings. The Morgan fingerprint density at radius 3 is 2.53 bits per heavy atom. The fourth-order valence-corrected chi connectivity index (χ4v) is 2.23. The summed E-state index contributed by atoms with van der Waals surface area (Å²) in [5, 5.41) is 19.1. The highest BCUT2D eigenvalue weighted by Crippen LogP contribution is 2.34. The maximum absolute atomic E-state index is 10.8. The number of aliphatic carboxylic acids is 1. The average molecular weight is 266 g/mol. The van der Waals surface area contributed by atoms with Crippen LogP contribution in [0.25, 0.3) is 0 Å². The van der Waals surface area contributed by atoms with E-state index in [9.17, 15) is 9.90 Å². The predicted octanol–water partition coefficient (Wildman–Crippen LogP) is 2.93. The van der Waals surface area contributed by atoms with Crippen molar-refractivity contribution in [2.24, 2.45) is 5.41 Å². The molecule has 1 unspecified atom stereocenters. The number of hydrogen-bond acceptors (Lipinski definition) is 3. The third kappa shape index (κ3) is 4.56. The summed E-state index contributed by atoms with van der Waals surface area (Å²) < 4.78 is 5.17. The highest BCUT2D eigenvalue weighted by molar-refractivity contribution is 5.67. The van der Waals surface area contributed by atoms with Crippen LogP contribution in [0.1, 0.15) is 43.9 Å². The maximum Gasteiger partial charge on any atom is 0.303 e. The molecule has 1 atom stereocenters. The van der Waals surface area contributed by atoms with Crippen LogP contribution in [0.4, 0.5) is 0 Å². The van der Waals surface area contributed by atoms with Gasteiger partial charge in [0.15, 0.2) is 0 Å². The number of carboxylic acids is 1. The van der Waals surface area contributed by atoms with Crippen molar-refractivity contribution in [1.29, 1.82) is 0 Å². The molecule has 1 aromatic rings. The molecule has 0 aliphatic heterocycles. The number of aliphatic hydroxyl groups is 1. The smallest absolute Gasteiger partial charge is 0.303 e. The van der Waals surface area contributed by atoms with Crippen molar-refractivity contribution in [3.63, 3.8) is 0 Å². The van der Waals surface area contributed by atoms with Gasteiger partial charge in [-0.3, -0.25) is 4.79 Å². The van der Waals surface area contributed by atoms with E-state index in [4.69, 9.17) is 9.84 Å². The molecule has 19 heavy (non-hydrogen) atoms. The van der Waals surface area contributed by atoms with Gasteiger partial charge in [-0.25, -0.2) is 0 Å². The summed E-state index contributed by atoms with van der Waals surface area (Å²) in [6.45, 7) is 5.61. The molecule has 0 aliphatic carbocycles. The molecule has 0 saturated heterocycles. The zero-order valence-corrected chi connectivity index (χ0v) is 11.9. The summed E-state index contributed by atoms with van der Waals surface area (Å²) in [7, 11) is 1.61. The summed E-state index contributed by atoms with van der Waals surface area (Å²) in [5.41, 5.74) is 1.30. The van der Waals surface area contributed by atoms with E-state index in [2.05, 4.69) is 0 Å². The maximum atomic E-state index is 10.8.